The molecule has 0 fully saturated rings. The molecule has 1 amide bonds. The summed E-state index contributed by atoms with van der Waals surface area (Å²) in [6.45, 7) is 4.02. The van der Waals surface area contributed by atoms with Crippen molar-refractivity contribution in [1.29, 1.82) is 0 Å². The average Bonchev–Trinajstić information content (AvgIpc) is 2.53. The maximum Gasteiger partial charge on any atom is 0.348 e. The summed E-state index contributed by atoms with van der Waals surface area (Å²) in [7, 11) is 1.30. The second-order valence-corrected chi connectivity index (χ2v) is 4.20. The second kappa shape index (κ2) is 4.98. The monoisotopic (exact) mass is 242 g/mol. The summed E-state index contributed by atoms with van der Waals surface area (Å²) in [4.78, 5) is 23.4. The zero-order valence-electron chi connectivity index (χ0n) is 9.42. The third-order valence-electron chi connectivity index (χ3n) is 2.11. The summed E-state index contributed by atoms with van der Waals surface area (Å²) in [6.07, 6.45) is 0. The molecular weight excluding hydrogens is 228 g/mol. The molecule has 0 atom stereocenters. The SMILES string of the molecule is CCNC(=O)c1c(N)sc(C(=O)OC)c1C. The van der Waals surface area contributed by atoms with Crippen LogP contribution in [-0.4, -0.2) is 25.5 Å². The molecule has 1 heterocycles. The number of thiophene rings is 1. The molecular formula is C10H14N2O3S. The van der Waals surface area contributed by atoms with Crippen LogP contribution < -0.4 is 11.1 Å². The van der Waals surface area contributed by atoms with Crippen LogP contribution in [0.5, 0.6) is 0 Å². The Morgan fingerprint density at radius 2 is 2.12 bits per heavy atom. The number of methoxy groups -OCH3 is 1. The smallest absolute Gasteiger partial charge is 0.348 e. The molecule has 5 nitrogen and oxygen atoms in total. The van der Waals surface area contributed by atoms with Crippen LogP contribution in [-0.2, 0) is 4.74 Å². The summed E-state index contributed by atoms with van der Waals surface area (Å²) in [5.74, 6) is -0.728. The number of esters is 1. The van der Waals surface area contributed by atoms with Gasteiger partial charge in [0, 0.05) is 6.54 Å². The number of carbonyl (C=O) groups is 2. The minimum atomic E-state index is -0.468. The van der Waals surface area contributed by atoms with Gasteiger partial charge in [-0.3, -0.25) is 4.79 Å². The first-order valence-electron chi connectivity index (χ1n) is 4.78. The van der Waals surface area contributed by atoms with Gasteiger partial charge in [-0.05, 0) is 19.4 Å². The van der Waals surface area contributed by atoms with Crippen LogP contribution in [0.4, 0.5) is 5.00 Å². The summed E-state index contributed by atoms with van der Waals surface area (Å²) in [6, 6.07) is 0. The number of carbonyl (C=O) groups excluding carboxylic acids is 2. The Morgan fingerprint density at radius 3 is 2.62 bits per heavy atom. The normalized spacial score (nSPS) is 9.94. The van der Waals surface area contributed by atoms with Gasteiger partial charge in [0.05, 0.1) is 17.7 Å². The Labute approximate surface area is 97.6 Å². The fraction of sp³-hybridized carbons (Fsp3) is 0.400. The van der Waals surface area contributed by atoms with Crippen molar-refractivity contribution < 1.29 is 14.3 Å². The third-order valence-corrected chi connectivity index (χ3v) is 3.21. The summed E-state index contributed by atoms with van der Waals surface area (Å²) >= 11 is 1.07. The highest BCUT2D eigenvalue weighted by Crippen LogP contribution is 2.30. The van der Waals surface area contributed by atoms with Gasteiger partial charge in [0.25, 0.3) is 5.91 Å². The van der Waals surface area contributed by atoms with Crippen molar-refractivity contribution in [3.8, 4) is 0 Å². The van der Waals surface area contributed by atoms with Crippen molar-refractivity contribution >= 4 is 28.2 Å². The van der Waals surface area contributed by atoms with Crippen LogP contribution in [0.15, 0.2) is 0 Å². The number of hydrogen-bond donors (Lipinski definition) is 2. The molecule has 0 unspecified atom stereocenters. The number of nitrogens with two attached hydrogens (primary N) is 1. The van der Waals surface area contributed by atoms with E-state index in [0.717, 1.165) is 11.3 Å². The Bertz CT molecular complexity index is 426. The van der Waals surface area contributed by atoms with Crippen LogP contribution in [0.1, 0.15) is 32.5 Å². The molecule has 0 saturated carbocycles. The minimum absolute atomic E-state index is 0.260. The number of rotatable bonds is 3. The molecule has 3 N–H and O–H groups in total. The van der Waals surface area contributed by atoms with Gasteiger partial charge < -0.3 is 15.8 Å². The molecule has 0 aliphatic rings. The number of nitrogen functional groups attached to an aromatic ring is 1. The summed E-state index contributed by atoms with van der Waals surface area (Å²) < 4.78 is 4.61. The molecule has 0 radical (unpaired) electrons. The number of anilines is 1. The van der Waals surface area contributed by atoms with E-state index < -0.39 is 5.97 Å². The Morgan fingerprint density at radius 1 is 1.50 bits per heavy atom. The van der Waals surface area contributed by atoms with Crippen LogP contribution >= 0.6 is 11.3 Å². The lowest BCUT2D eigenvalue weighted by Gasteiger charge is -2.02. The van der Waals surface area contributed by atoms with Crippen molar-refractivity contribution in [2.24, 2.45) is 0 Å². The maximum atomic E-state index is 11.7. The fourth-order valence-electron chi connectivity index (χ4n) is 1.35. The van der Waals surface area contributed by atoms with Crippen LogP contribution in [0.2, 0.25) is 0 Å². The van der Waals surface area contributed by atoms with E-state index in [9.17, 15) is 9.59 Å². The summed E-state index contributed by atoms with van der Waals surface area (Å²) in [5.41, 5.74) is 6.65. The first-order valence-corrected chi connectivity index (χ1v) is 5.59. The van der Waals surface area contributed by atoms with E-state index in [1.165, 1.54) is 7.11 Å². The largest absolute Gasteiger partial charge is 0.465 e. The van der Waals surface area contributed by atoms with E-state index >= 15 is 0 Å². The number of amides is 1. The molecule has 0 saturated heterocycles. The van der Waals surface area contributed by atoms with Crippen molar-refractivity contribution in [3.05, 3.63) is 16.0 Å². The molecule has 0 bridgehead atoms. The highest BCUT2D eigenvalue weighted by atomic mass is 32.1. The van der Waals surface area contributed by atoms with E-state index in [1.807, 2.05) is 6.92 Å². The maximum absolute atomic E-state index is 11.7. The van der Waals surface area contributed by atoms with E-state index in [-0.39, 0.29) is 5.91 Å². The van der Waals surface area contributed by atoms with Crippen LogP contribution in [0.3, 0.4) is 0 Å². The lowest BCUT2D eigenvalue weighted by Crippen LogP contribution is -2.23. The minimum Gasteiger partial charge on any atom is -0.465 e. The molecule has 0 aliphatic heterocycles. The second-order valence-electron chi connectivity index (χ2n) is 3.15. The van der Waals surface area contributed by atoms with E-state index in [1.54, 1.807) is 6.92 Å². The highest BCUT2D eigenvalue weighted by Gasteiger charge is 2.23. The highest BCUT2D eigenvalue weighted by molar-refractivity contribution is 7.18. The van der Waals surface area contributed by atoms with Gasteiger partial charge in [-0.1, -0.05) is 0 Å². The van der Waals surface area contributed by atoms with Gasteiger partial charge in [-0.25, -0.2) is 4.79 Å². The predicted octanol–water partition coefficient (Wildman–Crippen LogP) is 1.18. The Hall–Kier alpha value is -1.56. The van der Waals surface area contributed by atoms with Crippen molar-refractivity contribution in [2.45, 2.75) is 13.8 Å². The van der Waals surface area contributed by atoms with E-state index in [4.69, 9.17) is 5.73 Å². The first-order chi connectivity index (χ1) is 7.52. The average molecular weight is 242 g/mol. The molecule has 88 valence electrons. The van der Waals surface area contributed by atoms with Crippen molar-refractivity contribution in [2.75, 3.05) is 19.4 Å². The third kappa shape index (κ3) is 2.16. The van der Waals surface area contributed by atoms with Gasteiger partial charge >= 0.3 is 5.97 Å². The van der Waals surface area contributed by atoms with Gasteiger partial charge in [0.1, 0.15) is 4.88 Å². The predicted molar refractivity (Wildman–Crippen MR) is 62.8 cm³/mol. The molecule has 6 heteroatoms. The molecule has 0 spiro atoms. The topological polar surface area (TPSA) is 81.4 Å². The van der Waals surface area contributed by atoms with Crippen LogP contribution in [0.25, 0.3) is 0 Å². The lowest BCUT2D eigenvalue weighted by atomic mass is 10.1. The first kappa shape index (κ1) is 12.5. The fourth-order valence-corrected chi connectivity index (χ4v) is 2.34. The lowest BCUT2D eigenvalue weighted by molar-refractivity contribution is 0.0605. The van der Waals surface area contributed by atoms with Gasteiger partial charge in [0.15, 0.2) is 0 Å². The van der Waals surface area contributed by atoms with Crippen molar-refractivity contribution in [1.82, 2.24) is 5.32 Å². The van der Waals surface area contributed by atoms with Gasteiger partial charge in [-0.15, -0.1) is 11.3 Å². The standard InChI is InChI=1S/C10H14N2O3S/c1-4-12-9(13)6-5(2)7(10(14)15-3)16-8(6)11/h4,11H2,1-3H3,(H,12,13). The zero-order valence-corrected chi connectivity index (χ0v) is 10.2. The van der Waals surface area contributed by atoms with E-state index in [0.29, 0.717) is 27.5 Å². The molecule has 1 aromatic heterocycles. The molecule has 0 aromatic carbocycles. The Balaban J connectivity index is 3.17. The molecule has 1 aromatic rings. The summed E-state index contributed by atoms with van der Waals surface area (Å²) in [5, 5.41) is 2.99. The van der Waals surface area contributed by atoms with Crippen LogP contribution in [0, 0.1) is 6.92 Å². The molecule has 16 heavy (non-hydrogen) atoms. The Kier molecular flexibility index (Phi) is 3.89. The zero-order chi connectivity index (χ0) is 12.3. The molecule has 0 aliphatic carbocycles. The quantitative estimate of drug-likeness (QED) is 0.780. The van der Waals surface area contributed by atoms with Gasteiger partial charge in [-0.2, -0.15) is 0 Å². The van der Waals surface area contributed by atoms with Gasteiger partial charge in [0.2, 0.25) is 0 Å². The number of ether oxygens (including phenoxy) is 1. The van der Waals surface area contributed by atoms with Crippen molar-refractivity contribution in [3.63, 3.8) is 0 Å². The number of hydrogen-bond acceptors (Lipinski definition) is 5. The molecule has 1 rings (SSSR count). The number of nitrogens with one attached hydrogen (secondary N) is 1. The van der Waals surface area contributed by atoms with E-state index in [2.05, 4.69) is 10.1 Å².